The van der Waals surface area contributed by atoms with E-state index < -0.39 is 0 Å². The van der Waals surface area contributed by atoms with Gasteiger partial charge in [-0.15, -0.1) is 0 Å². The minimum Gasteiger partial charge on any atom is -0.267 e. The van der Waals surface area contributed by atoms with Crippen molar-refractivity contribution < 1.29 is 4.79 Å². The molecule has 0 aromatic heterocycles. The molecule has 1 amide bonds. The van der Waals surface area contributed by atoms with Crippen LogP contribution in [0.5, 0.6) is 0 Å². The number of benzene rings is 2. The molecule has 3 rings (SSSR count). The molecule has 1 fully saturated rings. The summed E-state index contributed by atoms with van der Waals surface area (Å²) < 4.78 is 0. The standard InChI is InChI=1S/C20H22N2O/c1-15-7-5-6-10-19(15)21-22-20(23)18-13-11-17(12-14-18)16-8-3-2-4-9-16/h2-4,8-9,11-15H,5-7,10H2,1H3,(H,22,23). The lowest BCUT2D eigenvalue weighted by molar-refractivity contribution is 0.0954. The molecule has 1 N–H and O–H groups in total. The van der Waals surface area contributed by atoms with E-state index in [1.807, 2.05) is 42.5 Å². The maximum atomic E-state index is 12.2. The summed E-state index contributed by atoms with van der Waals surface area (Å²) in [6.07, 6.45) is 4.59. The van der Waals surface area contributed by atoms with Gasteiger partial charge in [-0.2, -0.15) is 5.10 Å². The quantitative estimate of drug-likeness (QED) is 0.824. The fraction of sp³-hybridized carbons (Fsp3) is 0.300. The third-order valence-electron chi connectivity index (χ3n) is 4.44. The maximum Gasteiger partial charge on any atom is 0.271 e. The van der Waals surface area contributed by atoms with Gasteiger partial charge in [0.25, 0.3) is 5.91 Å². The number of nitrogens with zero attached hydrogens (tertiary/aromatic N) is 1. The number of carbonyl (C=O) groups excluding carboxylic acids is 1. The summed E-state index contributed by atoms with van der Waals surface area (Å²) in [5.74, 6) is 0.333. The predicted molar refractivity (Wildman–Crippen MR) is 94.4 cm³/mol. The minimum absolute atomic E-state index is 0.144. The van der Waals surface area contributed by atoms with Gasteiger partial charge in [-0.1, -0.05) is 55.8 Å². The summed E-state index contributed by atoms with van der Waals surface area (Å²) in [6, 6.07) is 17.8. The first kappa shape index (κ1) is 15.5. The maximum absolute atomic E-state index is 12.2. The molecular formula is C20H22N2O. The Bertz CT molecular complexity index is 689. The molecule has 2 aromatic carbocycles. The molecular weight excluding hydrogens is 284 g/mol. The van der Waals surface area contributed by atoms with Gasteiger partial charge in [0.15, 0.2) is 0 Å². The number of rotatable bonds is 3. The van der Waals surface area contributed by atoms with E-state index in [0.29, 0.717) is 11.5 Å². The fourth-order valence-electron chi connectivity index (χ4n) is 2.97. The van der Waals surface area contributed by atoms with Crippen molar-refractivity contribution in [1.82, 2.24) is 5.43 Å². The van der Waals surface area contributed by atoms with E-state index in [4.69, 9.17) is 0 Å². The van der Waals surface area contributed by atoms with Gasteiger partial charge < -0.3 is 0 Å². The first-order chi connectivity index (χ1) is 11.2. The molecule has 1 aliphatic rings. The average molecular weight is 306 g/mol. The zero-order valence-electron chi connectivity index (χ0n) is 13.5. The summed E-state index contributed by atoms with van der Waals surface area (Å²) >= 11 is 0. The molecule has 0 bridgehead atoms. The van der Waals surface area contributed by atoms with Crippen LogP contribution in [0.1, 0.15) is 43.0 Å². The van der Waals surface area contributed by atoms with Crippen LogP contribution in [0.25, 0.3) is 11.1 Å². The van der Waals surface area contributed by atoms with Crippen molar-refractivity contribution >= 4 is 11.6 Å². The molecule has 0 aliphatic heterocycles. The second kappa shape index (κ2) is 7.23. The summed E-state index contributed by atoms with van der Waals surface area (Å²) in [4.78, 5) is 12.2. The molecule has 2 aromatic rings. The third kappa shape index (κ3) is 3.86. The number of hydrogen-bond acceptors (Lipinski definition) is 2. The summed E-state index contributed by atoms with van der Waals surface area (Å²) in [5.41, 5.74) is 6.71. The van der Waals surface area contributed by atoms with Gasteiger partial charge in [0.05, 0.1) is 0 Å². The van der Waals surface area contributed by atoms with Crippen LogP contribution in [0.4, 0.5) is 0 Å². The number of hydrogen-bond donors (Lipinski definition) is 1. The van der Waals surface area contributed by atoms with E-state index in [1.54, 1.807) is 0 Å². The summed E-state index contributed by atoms with van der Waals surface area (Å²) in [5, 5.41) is 4.34. The Labute approximate surface area is 137 Å². The zero-order valence-corrected chi connectivity index (χ0v) is 13.5. The summed E-state index contributed by atoms with van der Waals surface area (Å²) in [6.45, 7) is 2.18. The van der Waals surface area contributed by atoms with Crippen molar-refractivity contribution in [3.63, 3.8) is 0 Å². The van der Waals surface area contributed by atoms with E-state index in [1.165, 1.54) is 19.3 Å². The van der Waals surface area contributed by atoms with Crippen molar-refractivity contribution in [3.8, 4) is 11.1 Å². The van der Waals surface area contributed by atoms with Crippen LogP contribution in [-0.2, 0) is 0 Å². The first-order valence-corrected chi connectivity index (χ1v) is 8.26. The Kier molecular flexibility index (Phi) is 4.86. The van der Waals surface area contributed by atoms with Crippen molar-refractivity contribution in [3.05, 3.63) is 60.2 Å². The van der Waals surface area contributed by atoms with E-state index in [-0.39, 0.29) is 5.91 Å². The van der Waals surface area contributed by atoms with Gasteiger partial charge >= 0.3 is 0 Å². The molecule has 3 nitrogen and oxygen atoms in total. The van der Waals surface area contributed by atoms with Gasteiger partial charge in [-0.05, 0) is 48.4 Å². The second-order valence-corrected chi connectivity index (χ2v) is 6.13. The molecule has 118 valence electrons. The number of carbonyl (C=O) groups is 1. The van der Waals surface area contributed by atoms with Crippen molar-refractivity contribution in [2.45, 2.75) is 32.6 Å². The molecule has 1 unspecified atom stereocenters. The smallest absolute Gasteiger partial charge is 0.267 e. The highest BCUT2D eigenvalue weighted by atomic mass is 16.2. The topological polar surface area (TPSA) is 41.5 Å². The molecule has 0 saturated heterocycles. The van der Waals surface area contributed by atoms with Crippen LogP contribution in [0, 0.1) is 5.92 Å². The largest absolute Gasteiger partial charge is 0.271 e. The lowest BCUT2D eigenvalue weighted by atomic mass is 9.89. The van der Waals surface area contributed by atoms with E-state index in [0.717, 1.165) is 23.3 Å². The van der Waals surface area contributed by atoms with E-state index in [9.17, 15) is 4.79 Å². The first-order valence-electron chi connectivity index (χ1n) is 8.26. The fourth-order valence-corrected chi connectivity index (χ4v) is 2.97. The molecule has 1 atom stereocenters. The minimum atomic E-state index is -0.144. The SMILES string of the molecule is CC1CCCCC1=NNC(=O)c1ccc(-c2ccccc2)cc1. The van der Waals surface area contributed by atoms with Gasteiger partial charge in [0.2, 0.25) is 0 Å². The third-order valence-corrected chi connectivity index (χ3v) is 4.44. The molecule has 0 heterocycles. The second-order valence-electron chi connectivity index (χ2n) is 6.13. The van der Waals surface area contributed by atoms with Crippen LogP contribution in [0.2, 0.25) is 0 Å². The van der Waals surface area contributed by atoms with Gasteiger partial charge in [0, 0.05) is 11.3 Å². The predicted octanol–water partition coefficient (Wildman–Crippen LogP) is 4.65. The lowest BCUT2D eigenvalue weighted by Gasteiger charge is -2.19. The Morgan fingerprint density at radius 3 is 2.39 bits per heavy atom. The van der Waals surface area contributed by atoms with Crippen molar-refractivity contribution in [2.24, 2.45) is 11.0 Å². The van der Waals surface area contributed by atoms with Gasteiger partial charge in [0.1, 0.15) is 0 Å². The Balaban J connectivity index is 1.67. The number of amides is 1. The number of hydrazone groups is 1. The van der Waals surface area contributed by atoms with Crippen LogP contribution in [0.15, 0.2) is 59.7 Å². The monoisotopic (exact) mass is 306 g/mol. The van der Waals surface area contributed by atoms with Crippen LogP contribution in [-0.4, -0.2) is 11.6 Å². The molecule has 1 saturated carbocycles. The highest BCUT2D eigenvalue weighted by Crippen LogP contribution is 2.21. The van der Waals surface area contributed by atoms with Crippen molar-refractivity contribution in [1.29, 1.82) is 0 Å². The van der Waals surface area contributed by atoms with Crippen molar-refractivity contribution in [2.75, 3.05) is 0 Å². The van der Waals surface area contributed by atoms with Crippen LogP contribution < -0.4 is 5.43 Å². The molecule has 0 radical (unpaired) electrons. The Hall–Kier alpha value is -2.42. The molecule has 1 aliphatic carbocycles. The highest BCUT2D eigenvalue weighted by Gasteiger charge is 2.16. The Morgan fingerprint density at radius 1 is 1.00 bits per heavy atom. The molecule has 0 spiro atoms. The zero-order chi connectivity index (χ0) is 16.1. The Morgan fingerprint density at radius 2 is 1.70 bits per heavy atom. The van der Waals surface area contributed by atoms with Gasteiger partial charge in [-0.3, -0.25) is 4.79 Å². The highest BCUT2D eigenvalue weighted by molar-refractivity contribution is 5.96. The summed E-state index contributed by atoms with van der Waals surface area (Å²) in [7, 11) is 0. The normalized spacial score (nSPS) is 19.5. The average Bonchev–Trinajstić information content (AvgIpc) is 2.62. The van der Waals surface area contributed by atoms with E-state index >= 15 is 0 Å². The number of nitrogens with one attached hydrogen (secondary N) is 1. The molecule has 23 heavy (non-hydrogen) atoms. The lowest BCUT2D eigenvalue weighted by Crippen LogP contribution is -2.24. The van der Waals surface area contributed by atoms with Crippen LogP contribution >= 0.6 is 0 Å². The van der Waals surface area contributed by atoms with Crippen LogP contribution in [0.3, 0.4) is 0 Å². The van der Waals surface area contributed by atoms with E-state index in [2.05, 4.69) is 29.6 Å². The molecule has 3 heteroatoms. The van der Waals surface area contributed by atoms with Gasteiger partial charge in [-0.25, -0.2) is 5.43 Å².